The summed E-state index contributed by atoms with van der Waals surface area (Å²) in [4.78, 5) is 4.48. The van der Waals surface area contributed by atoms with Gasteiger partial charge in [0.1, 0.15) is 0 Å². The van der Waals surface area contributed by atoms with E-state index in [1.54, 1.807) is 12.3 Å². The first-order valence-corrected chi connectivity index (χ1v) is 9.10. The van der Waals surface area contributed by atoms with E-state index in [-0.39, 0.29) is 0 Å². The smallest absolute Gasteiger partial charge is 0.244 e. The average molecular weight is 366 g/mol. The molecule has 1 aliphatic rings. The molecule has 0 spiro atoms. The van der Waals surface area contributed by atoms with Gasteiger partial charge >= 0.3 is 0 Å². The van der Waals surface area contributed by atoms with Crippen LogP contribution in [0.5, 0.6) is 0 Å². The summed E-state index contributed by atoms with van der Waals surface area (Å²) in [6.07, 6.45) is 8.63. The van der Waals surface area contributed by atoms with Gasteiger partial charge < -0.3 is 10.6 Å². The van der Waals surface area contributed by atoms with Crippen molar-refractivity contribution in [1.29, 1.82) is 0 Å². The Morgan fingerprint density at radius 2 is 1.96 bits per heavy atom. The molecule has 128 valence electrons. The molecule has 1 fully saturated rings. The largest absolute Gasteiger partial charge is 0.368 e. The first-order valence-electron chi connectivity index (χ1n) is 8.35. The van der Waals surface area contributed by atoms with Crippen molar-refractivity contribution >= 4 is 35.0 Å². The summed E-state index contributed by atoms with van der Waals surface area (Å²) in [5.74, 6) is 1.31. The Morgan fingerprint density at radius 3 is 2.75 bits per heavy atom. The predicted molar refractivity (Wildman–Crippen MR) is 99.0 cm³/mol. The molecule has 7 heteroatoms. The van der Waals surface area contributed by atoms with Crippen LogP contribution in [0.1, 0.15) is 37.7 Å². The van der Waals surface area contributed by atoms with Gasteiger partial charge in [-0.05, 0) is 37.0 Å². The number of hydrogen-bond donors (Lipinski definition) is 2. The molecule has 5 nitrogen and oxygen atoms in total. The number of benzene rings is 1. The van der Waals surface area contributed by atoms with E-state index in [4.69, 9.17) is 23.2 Å². The first-order chi connectivity index (χ1) is 11.7. The summed E-state index contributed by atoms with van der Waals surface area (Å²) in [5.41, 5.74) is 1.05. The topological polar surface area (TPSA) is 62.7 Å². The monoisotopic (exact) mass is 365 g/mol. The number of halogens is 2. The van der Waals surface area contributed by atoms with Gasteiger partial charge in [0.05, 0.1) is 6.20 Å². The summed E-state index contributed by atoms with van der Waals surface area (Å²) in [7, 11) is 0. The van der Waals surface area contributed by atoms with Crippen molar-refractivity contribution in [3.8, 4) is 0 Å². The summed E-state index contributed by atoms with van der Waals surface area (Å²) in [6.45, 7) is 0.711. The molecule has 1 aromatic carbocycles. The molecule has 1 heterocycles. The maximum absolute atomic E-state index is 6.18. The maximum Gasteiger partial charge on any atom is 0.244 e. The number of hydrogen-bond acceptors (Lipinski definition) is 5. The van der Waals surface area contributed by atoms with Gasteiger partial charge in [0.25, 0.3) is 0 Å². The third-order valence-corrected chi connectivity index (χ3v) is 4.80. The van der Waals surface area contributed by atoms with Crippen molar-refractivity contribution in [2.75, 3.05) is 17.2 Å². The first kappa shape index (κ1) is 17.2. The van der Waals surface area contributed by atoms with E-state index in [0.29, 0.717) is 34.4 Å². The Hall–Kier alpha value is -1.59. The lowest BCUT2D eigenvalue weighted by atomic mass is 9.96. The molecule has 1 saturated carbocycles. The molecule has 2 N–H and O–H groups in total. The Balaban J connectivity index is 1.52. The van der Waals surface area contributed by atoms with Gasteiger partial charge in [-0.15, -0.1) is 5.10 Å². The van der Waals surface area contributed by atoms with E-state index >= 15 is 0 Å². The quantitative estimate of drug-likeness (QED) is 0.784. The second-order valence-electron chi connectivity index (χ2n) is 6.06. The van der Waals surface area contributed by atoms with Crippen LogP contribution in [0.25, 0.3) is 0 Å². The number of rotatable bonds is 6. The Bertz CT molecular complexity index is 674. The molecular formula is C17H21Cl2N5. The number of aromatic nitrogens is 3. The fourth-order valence-corrected chi connectivity index (χ4v) is 3.43. The van der Waals surface area contributed by atoms with Gasteiger partial charge in [-0.3, -0.25) is 0 Å². The number of nitrogens with zero attached hydrogens (tertiary/aromatic N) is 3. The third kappa shape index (κ3) is 4.95. The van der Waals surface area contributed by atoms with E-state index in [0.717, 1.165) is 12.0 Å². The van der Waals surface area contributed by atoms with E-state index in [1.807, 2.05) is 12.1 Å². The van der Waals surface area contributed by atoms with Crippen molar-refractivity contribution in [2.24, 2.45) is 0 Å². The lowest BCUT2D eigenvalue weighted by Gasteiger charge is -2.22. The Morgan fingerprint density at radius 1 is 1.12 bits per heavy atom. The summed E-state index contributed by atoms with van der Waals surface area (Å²) in [6, 6.07) is 6.02. The predicted octanol–water partition coefficient (Wildman–Crippen LogP) is 4.58. The molecule has 0 amide bonds. The summed E-state index contributed by atoms with van der Waals surface area (Å²) >= 11 is 12.1. The van der Waals surface area contributed by atoms with Crippen molar-refractivity contribution in [2.45, 2.75) is 44.6 Å². The lowest BCUT2D eigenvalue weighted by Crippen LogP contribution is -2.24. The fraction of sp³-hybridized carbons (Fsp3) is 0.471. The SMILES string of the molecule is Clc1ccc(CCNc2cnnc(NC3CCCCC3)n2)c(Cl)c1. The summed E-state index contributed by atoms with van der Waals surface area (Å²) in [5, 5.41) is 16.1. The van der Waals surface area contributed by atoms with Crippen LogP contribution in [0.3, 0.4) is 0 Å². The fourth-order valence-electron chi connectivity index (χ4n) is 2.93. The van der Waals surface area contributed by atoms with Crippen LogP contribution in [0, 0.1) is 0 Å². The normalized spacial score (nSPS) is 15.2. The number of nitrogens with one attached hydrogen (secondary N) is 2. The van der Waals surface area contributed by atoms with E-state index < -0.39 is 0 Å². The summed E-state index contributed by atoms with van der Waals surface area (Å²) < 4.78 is 0. The third-order valence-electron chi connectivity index (χ3n) is 4.21. The van der Waals surface area contributed by atoms with Gasteiger partial charge in [-0.1, -0.05) is 48.5 Å². The standard InChI is InChI=1S/C17H21Cl2N5/c18-13-7-6-12(15(19)10-13)8-9-20-16-11-21-24-17(23-16)22-14-4-2-1-3-5-14/h6-7,10-11,14H,1-5,8-9H2,(H2,20,22,23,24). The molecule has 0 radical (unpaired) electrons. The van der Waals surface area contributed by atoms with Gasteiger partial charge in [0.2, 0.25) is 5.95 Å². The van der Waals surface area contributed by atoms with Crippen LogP contribution in [0.2, 0.25) is 10.0 Å². The molecule has 24 heavy (non-hydrogen) atoms. The lowest BCUT2D eigenvalue weighted by molar-refractivity contribution is 0.460. The van der Waals surface area contributed by atoms with Gasteiger partial charge in [-0.25, -0.2) is 0 Å². The zero-order valence-corrected chi connectivity index (χ0v) is 14.9. The van der Waals surface area contributed by atoms with Crippen LogP contribution < -0.4 is 10.6 Å². The molecular weight excluding hydrogens is 345 g/mol. The van der Waals surface area contributed by atoms with Crippen LogP contribution in [-0.2, 0) is 6.42 Å². The molecule has 0 saturated heterocycles. The molecule has 1 aliphatic carbocycles. The zero-order chi connectivity index (χ0) is 16.8. The van der Waals surface area contributed by atoms with Crippen LogP contribution in [0.15, 0.2) is 24.4 Å². The minimum atomic E-state index is 0.462. The Kier molecular flexibility index (Phi) is 6.10. The highest BCUT2D eigenvalue weighted by molar-refractivity contribution is 6.35. The molecule has 0 aliphatic heterocycles. The molecule has 2 aromatic rings. The van der Waals surface area contributed by atoms with Crippen molar-refractivity contribution < 1.29 is 0 Å². The minimum absolute atomic E-state index is 0.462. The zero-order valence-electron chi connectivity index (χ0n) is 13.4. The van der Waals surface area contributed by atoms with Gasteiger partial charge in [-0.2, -0.15) is 10.1 Å². The van der Waals surface area contributed by atoms with Crippen LogP contribution >= 0.6 is 23.2 Å². The van der Waals surface area contributed by atoms with Crippen molar-refractivity contribution in [3.63, 3.8) is 0 Å². The molecule has 1 aromatic heterocycles. The number of anilines is 2. The van der Waals surface area contributed by atoms with Crippen LogP contribution in [0.4, 0.5) is 11.8 Å². The van der Waals surface area contributed by atoms with E-state index in [1.165, 1.54) is 32.1 Å². The second-order valence-corrected chi connectivity index (χ2v) is 6.90. The minimum Gasteiger partial charge on any atom is -0.368 e. The van der Waals surface area contributed by atoms with Crippen molar-refractivity contribution in [1.82, 2.24) is 15.2 Å². The Labute approximate surface area is 152 Å². The van der Waals surface area contributed by atoms with Gasteiger partial charge in [0, 0.05) is 22.6 Å². The highest BCUT2D eigenvalue weighted by Gasteiger charge is 2.14. The van der Waals surface area contributed by atoms with Gasteiger partial charge in [0.15, 0.2) is 5.82 Å². The van der Waals surface area contributed by atoms with Crippen molar-refractivity contribution in [3.05, 3.63) is 40.0 Å². The van der Waals surface area contributed by atoms with E-state index in [2.05, 4.69) is 25.8 Å². The average Bonchev–Trinajstić information content (AvgIpc) is 2.58. The molecule has 0 atom stereocenters. The van der Waals surface area contributed by atoms with E-state index in [9.17, 15) is 0 Å². The molecule has 3 rings (SSSR count). The second kappa shape index (κ2) is 8.49. The highest BCUT2D eigenvalue weighted by atomic mass is 35.5. The highest BCUT2D eigenvalue weighted by Crippen LogP contribution is 2.22. The molecule has 0 bridgehead atoms. The molecule has 0 unspecified atom stereocenters. The van der Waals surface area contributed by atoms with Crippen LogP contribution in [-0.4, -0.2) is 27.8 Å². The maximum atomic E-state index is 6.18.